The first-order chi connectivity index (χ1) is 11.4. The van der Waals surface area contributed by atoms with E-state index in [1.54, 1.807) is 44.3 Å². The minimum Gasteiger partial charge on any atom is -0.366 e. The van der Waals surface area contributed by atoms with Crippen LogP contribution < -0.4 is 5.73 Å². The maximum absolute atomic E-state index is 12.9. The number of likely N-dealkylation sites (N-methyl/N-ethyl adjacent to an activating group) is 1. The summed E-state index contributed by atoms with van der Waals surface area (Å²) >= 11 is 0. The van der Waals surface area contributed by atoms with Gasteiger partial charge in [0.05, 0.1) is 0 Å². The molecule has 0 aliphatic rings. The minimum atomic E-state index is -0.502. The van der Waals surface area contributed by atoms with Gasteiger partial charge in [0.2, 0.25) is 11.8 Å². The number of halogens is 1. The van der Waals surface area contributed by atoms with Crippen LogP contribution in [0.4, 0.5) is 4.39 Å². The molecule has 0 fully saturated rings. The first kappa shape index (κ1) is 17.4. The number of nitrogens with two attached hydrogens (primary N) is 1. The SMILES string of the molecule is CC(=CC(=O)N(C)Cc1cccc(C(N)=O)c1)c1ccc(F)cc1. The van der Waals surface area contributed by atoms with Crippen molar-refractivity contribution in [3.05, 3.63) is 77.1 Å². The smallest absolute Gasteiger partial charge is 0.248 e. The average Bonchev–Trinajstić information content (AvgIpc) is 2.55. The number of amides is 2. The number of hydrogen-bond donors (Lipinski definition) is 1. The summed E-state index contributed by atoms with van der Waals surface area (Å²) in [7, 11) is 1.67. The third-order valence-electron chi connectivity index (χ3n) is 3.65. The van der Waals surface area contributed by atoms with E-state index in [1.165, 1.54) is 23.1 Å². The molecule has 2 aromatic rings. The summed E-state index contributed by atoms with van der Waals surface area (Å²) in [6.45, 7) is 2.15. The summed E-state index contributed by atoms with van der Waals surface area (Å²) in [4.78, 5) is 25.0. The third kappa shape index (κ3) is 4.52. The highest BCUT2D eigenvalue weighted by atomic mass is 19.1. The Labute approximate surface area is 140 Å². The van der Waals surface area contributed by atoms with E-state index in [4.69, 9.17) is 5.73 Å². The molecule has 0 aromatic heterocycles. The molecular formula is C19H19FN2O2. The molecule has 0 bridgehead atoms. The van der Waals surface area contributed by atoms with Crippen molar-refractivity contribution < 1.29 is 14.0 Å². The Hall–Kier alpha value is -2.95. The summed E-state index contributed by atoms with van der Waals surface area (Å²) in [6, 6.07) is 12.8. The normalized spacial score (nSPS) is 11.2. The number of rotatable bonds is 5. The van der Waals surface area contributed by atoms with Crippen LogP contribution >= 0.6 is 0 Å². The van der Waals surface area contributed by atoms with E-state index in [0.29, 0.717) is 12.1 Å². The summed E-state index contributed by atoms with van der Waals surface area (Å²) in [5, 5.41) is 0. The first-order valence-corrected chi connectivity index (χ1v) is 7.45. The number of hydrogen-bond acceptors (Lipinski definition) is 2. The molecule has 0 aliphatic carbocycles. The van der Waals surface area contributed by atoms with Crippen molar-refractivity contribution in [2.75, 3.05) is 7.05 Å². The number of allylic oxidation sites excluding steroid dienone is 1. The lowest BCUT2D eigenvalue weighted by atomic mass is 10.1. The van der Waals surface area contributed by atoms with Gasteiger partial charge in [-0.15, -0.1) is 0 Å². The molecule has 2 amide bonds. The summed E-state index contributed by atoms with van der Waals surface area (Å²) in [5.41, 5.74) is 8.02. The molecule has 2 rings (SSSR count). The van der Waals surface area contributed by atoms with Crippen LogP contribution in [0.25, 0.3) is 5.57 Å². The fourth-order valence-corrected chi connectivity index (χ4v) is 2.27. The van der Waals surface area contributed by atoms with E-state index < -0.39 is 5.91 Å². The monoisotopic (exact) mass is 326 g/mol. The second kappa shape index (κ2) is 7.55. The number of nitrogens with zero attached hydrogens (tertiary/aromatic N) is 1. The molecule has 0 unspecified atom stereocenters. The molecule has 0 radical (unpaired) electrons. The Balaban J connectivity index is 2.09. The minimum absolute atomic E-state index is 0.179. The van der Waals surface area contributed by atoms with Gasteiger partial charge in [-0.2, -0.15) is 0 Å². The van der Waals surface area contributed by atoms with Crippen molar-refractivity contribution in [2.24, 2.45) is 5.73 Å². The second-order valence-electron chi connectivity index (χ2n) is 5.59. The zero-order chi connectivity index (χ0) is 17.7. The van der Waals surface area contributed by atoms with E-state index in [9.17, 15) is 14.0 Å². The fraction of sp³-hybridized carbons (Fsp3) is 0.158. The van der Waals surface area contributed by atoms with Crippen LogP contribution in [0, 0.1) is 5.82 Å². The van der Waals surface area contributed by atoms with Gasteiger partial charge in [0, 0.05) is 25.2 Å². The Morgan fingerprint density at radius 1 is 1.12 bits per heavy atom. The van der Waals surface area contributed by atoms with Gasteiger partial charge >= 0.3 is 0 Å². The van der Waals surface area contributed by atoms with Gasteiger partial charge in [0.15, 0.2) is 0 Å². The van der Waals surface area contributed by atoms with Crippen LogP contribution in [0.15, 0.2) is 54.6 Å². The molecule has 24 heavy (non-hydrogen) atoms. The average molecular weight is 326 g/mol. The van der Waals surface area contributed by atoms with E-state index in [-0.39, 0.29) is 11.7 Å². The van der Waals surface area contributed by atoms with Crippen LogP contribution in [0.2, 0.25) is 0 Å². The highest BCUT2D eigenvalue weighted by Gasteiger charge is 2.09. The molecule has 0 atom stereocenters. The predicted octanol–water partition coefficient (Wildman–Crippen LogP) is 2.99. The van der Waals surface area contributed by atoms with E-state index in [0.717, 1.165) is 16.7 Å². The van der Waals surface area contributed by atoms with Gasteiger partial charge < -0.3 is 10.6 Å². The molecule has 5 heteroatoms. The molecule has 2 aromatic carbocycles. The standard InChI is InChI=1S/C19H19FN2O2/c1-13(15-6-8-17(20)9-7-15)10-18(23)22(2)12-14-4-3-5-16(11-14)19(21)24/h3-11H,12H2,1-2H3,(H2,21,24). The van der Waals surface area contributed by atoms with Gasteiger partial charge in [-0.25, -0.2) is 4.39 Å². The molecule has 124 valence electrons. The number of benzene rings is 2. The van der Waals surface area contributed by atoms with Crippen molar-refractivity contribution in [2.45, 2.75) is 13.5 Å². The lowest BCUT2D eigenvalue weighted by molar-refractivity contribution is -0.125. The van der Waals surface area contributed by atoms with E-state index >= 15 is 0 Å². The van der Waals surface area contributed by atoms with Crippen molar-refractivity contribution in [3.63, 3.8) is 0 Å². The van der Waals surface area contributed by atoms with Gasteiger partial charge in [0.1, 0.15) is 5.82 Å². The fourth-order valence-electron chi connectivity index (χ4n) is 2.27. The first-order valence-electron chi connectivity index (χ1n) is 7.45. The number of carbonyl (C=O) groups excluding carboxylic acids is 2. The van der Waals surface area contributed by atoms with Gasteiger partial charge in [-0.05, 0) is 47.9 Å². The van der Waals surface area contributed by atoms with Crippen molar-refractivity contribution in [1.82, 2.24) is 4.90 Å². The van der Waals surface area contributed by atoms with Crippen LogP contribution in [-0.4, -0.2) is 23.8 Å². The highest BCUT2D eigenvalue weighted by Crippen LogP contribution is 2.15. The lowest BCUT2D eigenvalue weighted by Crippen LogP contribution is -2.24. The van der Waals surface area contributed by atoms with Gasteiger partial charge in [0.25, 0.3) is 0 Å². The Kier molecular flexibility index (Phi) is 5.47. The van der Waals surface area contributed by atoms with Crippen molar-refractivity contribution in [3.8, 4) is 0 Å². The Morgan fingerprint density at radius 3 is 2.42 bits per heavy atom. The molecule has 0 saturated heterocycles. The largest absolute Gasteiger partial charge is 0.366 e. The van der Waals surface area contributed by atoms with E-state index in [2.05, 4.69) is 0 Å². The molecule has 0 aliphatic heterocycles. The summed E-state index contributed by atoms with van der Waals surface area (Å²) in [5.74, 6) is -0.997. The quantitative estimate of drug-likeness (QED) is 0.859. The Bertz CT molecular complexity index is 782. The highest BCUT2D eigenvalue weighted by molar-refractivity contribution is 5.95. The van der Waals surface area contributed by atoms with Crippen LogP contribution in [0.5, 0.6) is 0 Å². The molecule has 2 N–H and O–H groups in total. The zero-order valence-electron chi connectivity index (χ0n) is 13.6. The second-order valence-corrected chi connectivity index (χ2v) is 5.59. The molecule has 0 spiro atoms. The maximum atomic E-state index is 12.9. The van der Waals surface area contributed by atoms with Crippen LogP contribution in [-0.2, 0) is 11.3 Å². The zero-order valence-corrected chi connectivity index (χ0v) is 13.6. The summed E-state index contributed by atoms with van der Waals surface area (Å²) in [6.07, 6.45) is 1.51. The van der Waals surface area contributed by atoms with Gasteiger partial charge in [-0.1, -0.05) is 24.3 Å². The Morgan fingerprint density at radius 2 is 1.79 bits per heavy atom. The van der Waals surface area contributed by atoms with Crippen LogP contribution in [0.1, 0.15) is 28.4 Å². The molecule has 4 nitrogen and oxygen atoms in total. The van der Waals surface area contributed by atoms with Crippen molar-refractivity contribution >= 4 is 17.4 Å². The van der Waals surface area contributed by atoms with Crippen molar-refractivity contribution in [1.29, 1.82) is 0 Å². The number of carbonyl (C=O) groups is 2. The number of primary amides is 1. The predicted molar refractivity (Wildman–Crippen MR) is 91.5 cm³/mol. The van der Waals surface area contributed by atoms with Gasteiger partial charge in [-0.3, -0.25) is 9.59 Å². The molecule has 0 heterocycles. The summed E-state index contributed by atoms with van der Waals surface area (Å²) < 4.78 is 12.9. The lowest BCUT2D eigenvalue weighted by Gasteiger charge is -2.16. The molecule has 0 saturated carbocycles. The molecular weight excluding hydrogens is 307 g/mol. The van der Waals surface area contributed by atoms with E-state index in [1.807, 2.05) is 6.07 Å². The van der Waals surface area contributed by atoms with Crippen LogP contribution in [0.3, 0.4) is 0 Å². The third-order valence-corrected chi connectivity index (χ3v) is 3.65. The topological polar surface area (TPSA) is 63.4 Å². The maximum Gasteiger partial charge on any atom is 0.248 e.